The summed E-state index contributed by atoms with van der Waals surface area (Å²) < 4.78 is 13.0. The summed E-state index contributed by atoms with van der Waals surface area (Å²) in [5.41, 5.74) is 15.2. The van der Waals surface area contributed by atoms with Crippen LogP contribution in [0.3, 0.4) is 0 Å². The van der Waals surface area contributed by atoms with Crippen LogP contribution in [0.15, 0.2) is 245 Å². The van der Waals surface area contributed by atoms with Gasteiger partial charge in [-0.3, -0.25) is 0 Å². The molecule has 0 aliphatic heterocycles. The van der Waals surface area contributed by atoms with E-state index in [1.54, 1.807) is 0 Å². The lowest BCUT2D eigenvalue weighted by Crippen LogP contribution is -2.01. The summed E-state index contributed by atoms with van der Waals surface area (Å²) in [5.74, 6) is 1.79. The Hall–Kier alpha value is -9.45. The van der Waals surface area contributed by atoms with Crippen LogP contribution in [0.4, 0.5) is 0 Å². The number of furan rings is 2. The van der Waals surface area contributed by atoms with E-state index in [2.05, 4.69) is 170 Å². The zero-order valence-electron chi connectivity index (χ0n) is 37.7. The molecule has 0 saturated heterocycles. The van der Waals surface area contributed by atoms with Crippen LogP contribution in [-0.4, -0.2) is 15.0 Å². The molecule has 3 aromatic heterocycles. The van der Waals surface area contributed by atoms with E-state index in [0.717, 1.165) is 115 Å². The minimum absolute atomic E-state index is 0.587. The highest BCUT2D eigenvalue weighted by atomic mass is 16.3. The molecule has 3 heterocycles. The van der Waals surface area contributed by atoms with Gasteiger partial charge in [0, 0.05) is 38.2 Å². The van der Waals surface area contributed by atoms with Crippen LogP contribution in [0.1, 0.15) is 0 Å². The van der Waals surface area contributed by atoms with Gasteiger partial charge in [-0.05, 0) is 102 Å². The van der Waals surface area contributed by atoms with Crippen molar-refractivity contribution in [2.45, 2.75) is 0 Å². The van der Waals surface area contributed by atoms with Gasteiger partial charge in [-0.1, -0.05) is 200 Å². The van der Waals surface area contributed by atoms with E-state index in [0.29, 0.717) is 17.5 Å². The van der Waals surface area contributed by atoms with Crippen molar-refractivity contribution in [3.05, 3.63) is 237 Å². The van der Waals surface area contributed by atoms with Gasteiger partial charge in [0.1, 0.15) is 22.3 Å². The van der Waals surface area contributed by atoms with Gasteiger partial charge in [0.2, 0.25) is 0 Å². The summed E-state index contributed by atoms with van der Waals surface area (Å²) in [5, 5.41) is 8.68. The van der Waals surface area contributed by atoms with E-state index in [1.165, 1.54) is 11.1 Å². The number of rotatable bonds is 7. The van der Waals surface area contributed by atoms with Crippen LogP contribution in [0, 0.1) is 0 Å². The largest absolute Gasteiger partial charge is 0.456 e. The quantitative estimate of drug-likeness (QED) is 0.159. The second-order valence-electron chi connectivity index (χ2n) is 17.8. The maximum absolute atomic E-state index is 6.65. The van der Waals surface area contributed by atoms with Gasteiger partial charge in [-0.15, -0.1) is 0 Å². The maximum Gasteiger partial charge on any atom is 0.164 e. The van der Waals surface area contributed by atoms with Gasteiger partial charge in [0.05, 0.1) is 0 Å². The van der Waals surface area contributed by atoms with Crippen LogP contribution in [0.2, 0.25) is 0 Å². The van der Waals surface area contributed by atoms with E-state index in [1.807, 2.05) is 66.7 Å². The van der Waals surface area contributed by atoms with Crippen molar-refractivity contribution in [1.29, 1.82) is 0 Å². The topological polar surface area (TPSA) is 65.0 Å². The minimum Gasteiger partial charge on any atom is -0.456 e. The molecule has 0 bridgehead atoms. The lowest BCUT2D eigenvalue weighted by Gasteiger charge is -2.16. The number of fused-ring (bicyclic) bond motifs is 8. The number of benzene rings is 11. The molecule has 14 rings (SSSR count). The second kappa shape index (κ2) is 16.1. The molecule has 0 aliphatic carbocycles. The SMILES string of the molecule is c1ccc(-c2ccc(-c3cc(-c4cccc5c(-c6ccc(-c7nc(-c8ccccc8)nc(-c8cccc9oc%10ccccc%10c89)n7)c7ccccc67)cccc45)c4c(c3)oc3ccccc34)cc2)cc1. The Morgan fingerprint density at radius 3 is 1.27 bits per heavy atom. The first-order valence-corrected chi connectivity index (χ1v) is 23.6. The molecular weight excluding hydrogens is 855 g/mol. The molecule has 0 fully saturated rings. The molecule has 0 unspecified atom stereocenters. The maximum atomic E-state index is 6.65. The molecule has 0 radical (unpaired) electrons. The fourth-order valence-electron chi connectivity index (χ4n) is 10.5. The molecule has 5 heteroatoms. The van der Waals surface area contributed by atoms with Crippen molar-refractivity contribution in [3.63, 3.8) is 0 Å². The molecule has 0 atom stereocenters. The van der Waals surface area contributed by atoms with E-state index in [-0.39, 0.29) is 0 Å². The monoisotopic (exact) mass is 893 g/mol. The average molecular weight is 894 g/mol. The number of para-hydroxylation sites is 2. The van der Waals surface area contributed by atoms with Crippen molar-refractivity contribution >= 4 is 65.4 Å². The van der Waals surface area contributed by atoms with Crippen molar-refractivity contribution in [2.75, 3.05) is 0 Å². The normalized spacial score (nSPS) is 11.7. The molecular formula is C65H39N3O2. The van der Waals surface area contributed by atoms with Gasteiger partial charge < -0.3 is 8.83 Å². The average Bonchev–Trinajstić information content (AvgIpc) is 4.01. The summed E-state index contributed by atoms with van der Waals surface area (Å²) in [6, 6.07) is 83.0. The Morgan fingerprint density at radius 2 is 0.614 bits per heavy atom. The standard InChI is InChI=1S/C65H39N3O2/c1-3-16-40(17-4-1)41-32-34-42(35-33-41)44-38-56(62-54-23-10-12-30-58(54)70-60(62)39-44)50-27-14-24-46-47(50)25-13-26-48(46)51-36-37-52(49-21-8-7-20-45(49)51)64-66-63(43-18-5-2-6-19-43)67-65(68-64)55-28-15-31-59-61(55)53-22-9-11-29-57(53)69-59/h1-39H. The summed E-state index contributed by atoms with van der Waals surface area (Å²) >= 11 is 0. The highest BCUT2D eigenvalue weighted by Gasteiger charge is 2.22. The molecule has 70 heavy (non-hydrogen) atoms. The minimum atomic E-state index is 0.587. The molecule has 0 N–H and O–H groups in total. The lowest BCUT2D eigenvalue weighted by atomic mass is 9.88. The third-order valence-electron chi connectivity index (χ3n) is 13.8. The van der Waals surface area contributed by atoms with E-state index in [9.17, 15) is 0 Å². The molecule has 11 aromatic carbocycles. The number of hydrogen-bond donors (Lipinski definition) is 0. The first-order valence-electron chi connectivity index (χ1n) is 23.6. The predicted molar refractivity (Wildman–Crippen MR) is 287 cm³/mol. The Kier molecular flexibility index (Phi) is 9.14. The number of hydrogen-bond acceptors (Lipinski definition) is 5. The zero-order valence-corrected chi connectivity index (χ0v) is 37.7. The zero-order chi connectivity index (χ0) is 46.1. The smallest absolute Gasteiger partial charge is 0.164 e. The summed E-state index contributed by atoms with van der Waals surface area (Å²) in [4.78, 5) is 15.7. The molecule has 0 spiro atoms. The molecule has 0 aliphatic rings. The Bertz CT molecular complexity index is 4340. The van der Waals surface area contributed by atoms with Crippen LogP contribution < -0.4 is 0 Å². The molecule has 14 aromatic rings. The Labute approximate surface area is 402 Å². The highest BCUT2D eigenvalue weighted by Crippen LogP contribution is 2.45. The number of nitrogens with zero attached hydrogens (tertiary/aromatic N) is 3. The first kappa shape index (κ1) is 39.7. The van der Waals surface area contributed by atoms with Crippen molar-refractivity contribution in [1.82, 2.24) is 15.0 Å². The van der Waals surface area contributed by atoms with Crippen LogP contribution in [0.5, 0.6) is 0 Å². The fourth-order valence-corrected chi connectivity index (χ4v) is 10.5. The summed E-state index contributed by atoms with van der Waals surface area (Å²) in [7, 11) is 0. The van der Waals surface area contributed by atoms with E-state index in [4.69, 9.17) is 23.8 Å². The Balaban J connectivity index is 0.935. The number of aromatic nitrogens is 3. The van der Waals surface area contributed by atoms with Crippen LogP contribution in [-0.2, 0) is 0 Å². The van der Waals surface area contributed by atoms with Gasteiger partial charge in [0.15, 0.2) is 17.5 Å². The third kappa shape index (κ3) is 6.51. The second-order valence-corrected chi connectivity index (χ2v) is 17.8. The summed E-state index contributed by atoms with van der Waals surface area (Å²) in [6.45, 7) is 0. The van der Waals surface area contributed by atoms with Crippen molar-refractivity contribution in [3.8, 4) is 78.7 Å². The van der Waals surface area contributed by atoms with Gasteiger partial charge in [-0.25, -0.2) is 15.0 Å². The fraction of sp³-hybridized carbons (Fsp3) is 0. The predicted octanol–water partition coefficient (Wildman–Crippen LogP) is 17.6. The van der Waals surface area contributed by atoms with Crippen molar-refractivity contribution < 1.29 is 8.83 Å². The lowest BCUT2D eigenvalue weighted by molar-refractivity contribution is 0.668. The van der Waals surface area contributed by atoms with Crippen molar-refractivity contribution in [2.24, 2.45) is 0 Å². The van der Waals surface area contributed by atoms with Gasteiger partial charge in [-0.2, -0.15) is 0 Å². The summed E-state index contributed by atoms with van der Waals surface area (Å²) in [6.07, 6.45) is 0. The van der Waals surface area contributed by atoms with Crippen LogP contribution in [0.25, 0.3) is 144 Å². The Morgan fingerprint density at radius 1 is 0.214 bits per heavy atom. The molecule has 0 saturated carbocycles. The molecule has 0 amide bonds. The molecule has 5 nitrogen and oxygen atoms in total. The van der Waals surface area contributed by atoms with E-state index < -0.39 is 0 Å². The highest BCUT2D eigenvalue weighted by molar-refractivity contribution is 6.18. The van der Waals surface area contributed by atoms with E-state index >= 15 is 0 Å². The molecule has 326 valence electrons. The third-order valence-corrected chi connectivity index (χ3v) is 13.8. The van der Waals surface area contributed by atoms with Gasteiger partial charge >= 0.3 is 0 Å². The first-order chi connectivity index (χ1) is 34.7. The van der Waals surface area contributed by atoms with Gasteiger partial charge in [0.25, 0.3) is 0 Å². The van der Waals surface area contributed by atoms with Crippen LogP contribution >= 0.6 is 0 Å².